The molecular weight excluding hydrogens is 204 g/mol. The first-order chi connectivity index (χ1) is 6.07. The Morgan fingerprint density at radius 2 is 2.23 bits per heavy atom. The zero-order valence-electron chi connectivity index (χ0n) is 6.59. The van der Waals surface area contributed by atoms with Crippen LogP contribution in [0.25, 0.3) is 0 Å². The van der Waals surface area contributed by atoms with Crippen LogP contribution in [-0.2, 0) is 0 Å². The monoisotopic (exact) mass is 209 g/mol. The summed E-state index contributed by atoms with van der Waals surface area (Å²) in [4.78, 5) is 3.50. The molecule has 1 aromatic rings. The second-order valence-electron chi connectivity index (χ2n) is 2.18. The summed E-state index contributed by atoms with van der Waals surface area (Å²) in [5.74, 6) is -0.982. The molecule has 0 radical (unpaired) electrons. The maximum absolute atomic E-state index is 12.3. The summed E-state index contributed by atoms with van der Waals surface area (Å²) in [5, 5.41) is 8.90. The van der Waals surface area contributed by atoms with E-state index < -0.39 is 17.7 Å². The Bertz CT molecular complexity index is 320. The molecule has 0 aromatic carbocycles. The third-order valence-corrected chi connectivity index (χ3v) is 1.72. The average Bonchev–Trinajstić information content (AvgIpc) is 2.04. The number of nitrogens with zero attached hydrogens (tertiary/aromatic N) is 1. The van der Waals surface area contributed by atoms with Crippen LogP contribution in [0.1, 0.15) is 12.0 Å². The summed E-state index contributed by atoms with van der Waals surface area (Å²) < 4.78 is 29.1. The molecular formula is C7H6ClF2NO2. The van der Waals surface area contributed by atoms with Gasteiger partial charge in [-0.3, -0.25) is 0 Å². The number of hydrogen-bond acceptors (Lipinski definition) is 3. The van der Waals surface area contributed by atoms with Gasteiger partial charge in [-0.15, -0.1) is 0 Å². The van der Waals surface area contributed by atoms with Crippen molar-refractivity contribution in [1.29, 1.82) is 0 Å². The van der Waals surface area contributed by atoms with E-state index in [0.717, 1.165) is 6.20 Å². The van der Waals surface area contributed by atoms with Gasteiger partial charge in [-0.25, -0.2) is 13.8 Å². The highest BCUT2D eigenvalue weighted by Crippen LogP contribution is 2.38. The Balaban J connectivity index is 3.30. The van der Waals surface area contributed by atoms with E-state index in [4.69, 9.17) is 11.6 Å². The summed E-state index contributed by atoms with van der Waals surface area (Å²) in [6.45, 7) is 0. The Morgan fingerprint density at radius 1 is 1.62 bits per heavy atom. The maximum Gasteiger partial charge on any atom is 0.269 e. The summed E-state index contributed by atoms with van der Waals surface area (Å²) >= 11 is 5.40. The minimum atomic E-state index is -2.86. The van der Waals surface area contributed by atoms with Gasteiger partial charge in [0.05, 0.1) is 23.9 Å². The molecule has 6 heteroatoms. The second-order valence-corrected chi connectivity index (χ2v) is 2.59. The molecule has 0 unspecified atom stereocenters. The highest BCUT2D eigenvalue weighted by atomic mass is 35.5. The lowest BCUT2D eigenvalue weighted by atomic mass is 10.2. The van der Waals surface area contributed by atoms with E-state index in [-0.39, 0.29) is 10.9 Å². The third-order valence-electron chi connectivity index (χ3n) is 1.42. The van der Waals surface area contributed by atoms with Crippen molar-refractivity contribution in [2.24, 2.45) is 0 Å². The second kappa shape index (κ2) is 3.74. The van der Waals surface area contributed by atoms with E-state index in [1.54, 1.807) is 0 Å². The first kappa shape index (κ1) is 9.98. The Kier molecular flexibility index (Phi) is 2.87. The van der Waals surface area contributed by atoms with Gasteiger partial charge in [-0.1, -0.05) is 11.6 Å². The molecule has 0 saturated carbocycles. The maximum atomic E-state index is 12.3. The number of pyridine rings is 1. The third kappa shape index (κ3) is 1.80. The smallest absolute Gasteiger partial charge is 0.269 e. The van der Waals surface area contributed by atoms with E-state index in [1.807, 2.05) is 0 Å². The first-order valence-electron chi connectivity index (χ1n) is 3.27. The molecule has 1 N–H and O–H groups in total. The van der Waals surface area contributed by atoms with E-state index in [1.165, 1.54) is 7.11 Å². The van der Waals surface area contributed by atoms with Crippen LogP contribution < -0.4 is 4.74 Å². The van der Waals surface area contributed by atoms with Gasteiger partial charge in [-0.2, -0.15) is 0 Å². The number of rotatable bonds is 2. The zero-order valence-corrected chi connectivity index (χ0v) is 7.35. The SMILES string of the molecule is COc1ncc(Cl)c(C(F)F)c1O. The summed E-state index contributed by atoms with van der Waals surface area (Å²) in [7, 11) is 1.21. The van der Waals surface area contributed by atoms with Crippen molar-refractivity contribution in [3.05, 3.63) is 16.8 Å². The molecule has 0 aliphatic heterocycles. The standard InChI is InChI=1S/C7H6ClF2NO2/c1-13-7-5(12)4(6(9)10)3(8)2-11-7/h2,6,12H,1H3. The van der Waals surface area contributed by atoms with Gasteiger partial charge >= 0.3 is 0 Å². The molecule has 0 bridgehead atoms. The van der Waals surface area contributed by atoms with Gasteiger partial charge in [-0.05, 0) is 0 Å². The fraction of sp³-hybridized carbons (Fsp3) is 0.286. The number of aromatic nitrogens is 1. The lowest BCUT2D eigenvalue weighted by molar-refractivity contribution is 0.146. The van der Waals surface area contributed by atoms with E-state index in [0.29, 0.717) is 0 Å². The lowest BCUT2D eigenvalue weighted by Gasteiger charge is -2.08. The summed E-state index contributed by atoms with van der Waals surface area (Å²) in [6, 6.07) is 0. The van der Waals surface area contributed by atoms with Crippen molar-refractivity contribution in [2.45, 2.75) is 6.43 Å². The van der Waals surface area contributed by atoms with Gasteiger partial charge in [0.1, 0.15) is 0 Å². The first-order valence-corrected chi connectivity index (χ1v) is 3.65. The molecule has 0 fully saturated rings. The molecule has 0 aliphatic rings. The van der Waals surface area contributed by atoms with Crippen molar-refractivity contribution in [1.82, 2.24) is 4.98 Å². The number of hydrogen-bond donors (Lipinski definition) is 1. The summed E-state index contributed by atoms with van der Waals surface area (Å²) in [5.41, 5.74) is -0.659. The van der Waals surface area contributed by atoms with Crippen LogP contribution in [0.4, 0.5) is 8.78 Å². The Labute approximate surface area is 77.9 Å². The number of ether oxygens (including phenoxy) is 1. The van der Waals surface area contributed by atoms with Crippen molar-refractivity contribution >= 4 is 11.6 Å². The number of halogens is 3. The van der Waals surface area contributed by atoms with Crippen molar-refractivity contribution in [2.75, 3.05) is 7.11 Å². The quantitative estimate of drug-likeness (QED) is 0.813. The van der Waals surface area contributed by atoms with Gasteiger partial charge in [0.15, 0.2) is 5.75 Å². The van der Waals surface area contributed by atoms with Gasteiger partial charge in [0, 0.05) is 0 Å². The highest BCUT2D eigenvalue weighted by molar-refractivity contribution is 6.31. The normalized spacial score (nSPS) is 10.5. The van der Waals surface area contributed by atoms with Crippen LogP contribution in [0.5, 0.6) is 11.6 Å². The predicted molar refractivity (Wildman–Crippen MR) is 42.4 cm³/mol. The van der Waals surface area contributed by atoms with Crippen LogP contribution >= 0.6 is 11.6 Å². The van der Waals surface area contributed by atoms with Crippen LogP contribution in [0.3, 0.4) is 0 Å². The molecule has 1 aromatic heterocycles. The largest absolute Gasteiger partial charge is 0.503 e. The molecule has 0 atom stereocenters. The lowest BCUT2D eigenvalue weighted by Crippen LogP contribution is -1.94. The van der Waals surface area contributed by atoms with Gasteiger partial charge < -0.3 is 9.84 Å². The molecule has 1 heterocycles. The van der Waals surface area contributed by atoms with Crippen molar-refractivity contribution < 1.29 is 18.6 Å². The minimum absolute atomic E-state index is 0.264. The molecule has 0 amide bonds. The van der Waals surface area contributed by atoms with Gasteiger partial charge in [0.25, 0.3) is 12.3 Å². The van der Waals surface area contributed by atoms with Crippen LogP contribution in [-0.4, -0.2) is 17.2 Å². The number of aromatic hydroxyl groups is 1. The fourth-order valence-electron chi connectivity index (χ4n) is 0.831. The minimum Gasteiger partial charge on any atom is -0.503 e. The fourth-order valence-corrected chi connectivity index (χ4v) is 1.05. The molecule has 72 valence electrons. The topological polar surface area (TPSA) is 42.4 Å². The van der Waals surface area contributed by atoms with E-state index in [2.05, 4.69) is 9.72 Å². The van der Waals surface area contributed by atoms with Crippen molar-refractivity contribution in [3.8, 4) is 11.6 Å². The predicted octanol–water partition coefficient (Wildman–Crippen LogP) is 2.39. The molecule has 1 rings (SSSR count). The van der Waals surface area contributed by atoms with Crippen LogP contribution in [0.15, 0.2) is 6.20 Å². The number of methoxy groups -OCH3 is 1. The molecule has 3 nitrogen and oxygen atoms in total. The van der Waals surface area contributed by atoms with E-state index in [9.17, 15) is 13.9 Å². The Morgan fingerprint density at radius 3 is 2.69 bits per heavy atom. The number of alkyl halides is 2. The molecule has 13 heavy (non-hydrogen) atoms. The van der Waals surface area contributed by atoms with E-state index >= 15 is 0 Å². The van der Waals surface area contributed by atoms with Gasteiger partial charge in [0.2, 0.25) is 0 Å². The Hall–Kier alpha value is -1.10. The highest BCUT2D eigenvalue weighted by Gasteiger charge is 2.21. The average molecular weight is 210 g/mol. The van der Waals surface area contributed by atoms with Crippen LogP contribution in [0, 0.1) is 0 Å². The molecule has 0 saturated heterocycles. The van der Waals surface area contributed by atoms with Crippen molar-refractivity contribution in [3.63, 3.8) is 0 Å². The molecule has 0 spiro atoms. The zero-order chi connectivity index (χ0) is 10.0. The van der Waals surface area contributed by atoms with Crippen LogP contribution in [0.2, 0.25) is 5.02 Å². The molecule has 0 aliphatic carbocycles. The summed E-state index contributed by atoms with van der Waals surface area (Å²) in [6.07, 6.45) is -1.86.